The van der Waals surface area contributed by atoms with Gasteiger partial charge in [0.2, 0.25) is 0 Å². The fraction of sp³-hybridized carbons (Fsp3) is 0.190. The van der Waals surface area contributed by atoms with Crippen LogP contribution in [0.15, 0.2) is 66.7 Å². The van der Waals surface area contributed by atoms with E-state index in [1.165, 1.54) is 11.3 Å². The fourth-order valence-corrected chi connectivity index (χ4v) is 3.56. The van der Waals surface area contributed by atoms with Crippen LogP contribution in [0.4, 0.5) is 4.79 Å². The second kappa shape index (κ2) is 9.21. The minimum Gasteiger partial charge on any atom is -0.497 e. The van der Waals surface area contributed by atoms with E-state index in [1.807, 2.05) is 66.7 Å². The molecule has 2 aromatic carbocycles. The first-order chi connectivity index (χ1) is 13.2. The van der Waals surface area contributed by atoms with Crippen LogP contribution in [0.3, 0.4) is 0 Å². The molecule has 27 heavy (non-hydrogen) atoms. The molecular weight excluding hydrogens is 360 g/mol. The third-order valence-corrected chi connectivity index (χ3v) is 5.24. The van der Waals surface area contributed by atoms with Crippen LogP contribution in [0.1, 0.15) is 27.0 Å². The van der Waals surface area contributed by atoms with Crippen LogP contribution >= 0.6 is 11.3 Å². The van der Waals surface area contributed by atoms with E-state index in [9.17, 15) is 9.90 Å². The predicted molar refractivity (Wildman–Crippen MR) is 107 cm³/mol. The molecule has 5 nitrogen and oxygen atoms in total. The van der Waals surface area contributed by atoms with E-state index in [2.05, 4.69) is 10.6 Å². The summed E-state index contributed by atoms with van der Waals surface area (Å²) in [5.41, 5.74) is 1.85. The summed E-state index contributed by atoms with van der Waals surface area (Å²) in [6, 6.07) is 20.7. The molecule has 1 heterocycles. The molecule has 0 bridgehead atoms. The number of methoxy groups -OCH3 is 1. The summed E-state index contributed by atoms with van der Waals surface area (Å²) in [7, 11) is 1.62. The number of carbonyl (C=O) groups excluding carboxylic acids is 1. The highest BCUT2D eigenvalue weighted by atomic mass is 32.1. The molecule has 0 aliphatic rings. The largest absolute Gasteiger partial charge is 0.497 e. The Balaban J connectivity index is 1.47. The summed E-state index contributed by atoms with van der Waals surface area (Å²) in [5, 5.41) is 16.1. The quantitative estimate of drug-likeness (QED) is 0.581. The minimum atomic E-state index is -0.645. The highest BCUT2D eigenvalue weighted by Gasteiger charge is 2.13. The van der Waals surface area contributed by atoms with Crippen molar-refractivity contribution in [1.82, 2.24) is 10.6 Å². The molecular formula is C21H22N2O3S. The number of carbonyl (C=O) groups is 1. The summed E-state index contributed by atoms with van der Waals surface area (Å²) in [5.74, 6) is 0.786. The van der Waals surface area contributed by atoms with Crippen LogP contribution in [-0.4, -0.2) is 18.2 Å². The minimum absolute atomic E-state index is 0.232. The summed E-state index contributed by atoms with van der Waals surface area (Å²) in [6.45, 7) is 0.860. The number of hydrogen-bond acceptors (Lipinski definition) is 4. The Bertz CT molecular complexity index is 863. The first-order valence-electron chi connectivity index (χ1n) is 8.62. The highest BCUT2D eigenvalue weighted by molar-refractivity contribution is 7.12. The summed E-state index contributed by atoms with van der Waals surface area (Å²) in [4.78, 5) is 13.8. The molecule has 3 rings (SSSR count). The fourth-order valence-electron chi connectivity index (χ4n) is 2.59. The van der Waals surface area contributed by atoms with E-state index in [-0.39, 0.29) is 6.03 Å². The van der Waals surface area contributed by atoms with Gasteiger partial charge in [-0.25, -0.2) is 4.79 Å². The van der Waals surface area contributed by atoms with E-state index in [4.69, 9.17) is 4.74 Å². The van der Waals surface area contributed by atoms with Gasteiger partial charge in [0.15, 0.2) is 0 Å². The Morgan fingerprint density at radius 3 is 2.41 bits per heavy atom. The smallest absolute Gasteiger partial charge is 0.315 e. The Labute approximate surface area is 162 Å². The van der Waals surface area contributed by atoms with Gasteiger partial charge < -0.3 is 20.5 Å². The van der Waals surface area contributed by atoms with Crippen molar-refractivity contribution in [1.29, 1.82) is 0 Å². The van der Waals surface area contributed by atoms with Crippen LogP contribution in [0.5, 0.6) is 5.75 Å². The Kier molecular flexibility index (Phi) is 6.46. The van der Waals surface area contributed by atoms with Crippen molar-refractivity contribution in [2.75, 3.05) is 7.11 Å². The lowest BCUT2D eigenvalue weighted by molar-refractivity contribution is 0.224. The first-order valence-corrected chi connectivity index (χ1v) is 9.43. The molecule has 1 unspecified atom stereocenters. The maximum atomic E-state index is 12.0. The van der Waals surface area contributed by atoms with Gasteiger partial charge in [0.05, 0.1) is 13.7 Å². The molecule has 3 aromatic rings. The van der Waals surface area contributed by atoms with Crippen molar-refractivity contribution in [3.8, 4) is 5.75 Å². The lowest BCUT2D eigenvalue weighted by Crippen LogP contribution is -2.34. The number of aliphatic hydroxyl groups excluding tert-OH is 1. The molecule has 1 aromatic heterocycles. The van der Waals surface area contributed by atoms with Gasteiger partial charge in [0.25, 0.3) is 0 Å². The number of nitrogens with one attached hydrogen (secondary N) is 2. The molecule has 3 N–H and O–H groups in total. The standard InChI is InChI=1S/C21H22N2O3S/c1-26-17-9-7-15(8-10-17)13-22-21(25)23-14-18-11-12-19(27-18)20(24)16-5-3-2-4-6-16/h2-12,20,24H,13-14H2,1H3,(H2,22,23,25). The van der Waals surface area contributed by atoms with Crippen molar-refractivity contribution in [3.05, 3.63) is 87.6 Å². The average molecular weight is 382 g/mol. The second-order valence-corrected chi connectivity index (χ2v) is 7.20. The lowest BCUT2D eigenvalue weighted by atomic mass is 10.1. The van der Waals surface area contributed by atoms with Crippen LogP contribution in [0.2, 0.25) is 0 Å². The highest BCUT2D eigenvalue weighted by Crippen LogP contribution is 2.28. The van der Waals surface area contributed by atoms with Crippen LogP contribution < -0.4 is 15.4 Å². The third kappa shape index (κ3) is 5.32. The average Bonchev–Trinajstić information content (AvgIpc) is 3.20. The maximum absolute atomic E-state index is 12.0. The van der Waals surface area contributed by atoms with Gasteiger partial charge in [-0.1, -0.05) is 42.5 Å². The topological polar surface area (TPSA) is 70.6 Å². The molecule has 140 valence electrons. The van der Waals surface area contributed by atoms with Crippen molar-refractivity contribution in [2.24, 2.45) is 0 Å². The zero-order valence-corrected chi connectivity index (χ0v) is 15.8. The van der Waals surface area contributed by atoms with Gasteiger partial charge >= 0.3 is 6.03 Å². The number of thiophene rings is 1. The van der Waals surface area contributed by atoms with Gasteiger partial charge in [-0.05, 0) is 35.4 Å². The lowest BCUT2D eigenvalue weighted by Gasteiger charge is -2.09. The normalized spacial score (nSPS) is 11.6. The number of rotatable bonds is 7. The maximum Gasteiger partial charge on any atom is 0.315 e. The molecule has 0 aliphatic carbocycles. The van der Waals surface area contributed by atoms with E-state index in [0.29, 0.717) is 13.1 Å². The van der Waals surface area contributed by atoms with Gasteiger partial charge in [-0.15, -0.1) is 11.3 Å². The van der Waals surface area contributed by atoms with Gasteiger partial charge in [-0.2, -0.15) is 0 Å². The molecule has 6 heteroatoms. The first kappa shape index (κ1) is 18.9. The molecule has 0 fully saturated rings. The SMILES string of the molecule is COc1ccc(CNC(=O)NCc2ccc(C(O)c3ccccc3)s2)cc1. The van der Waals surface area contributed by atoms with E-state index >= 15 is 0 Å². The van der Waals surface area contributed by atoms with Crippen LogP contribution in [0.25, 0.3) is 0 Å². The van der Waals surface area contributed by atoms with Crippen LogP contribution in [0, 0.1) is 0 Å². The van der Waals surface area contributed by atoms with Crippen LogP contribution in [-0.2, 0) is 13.1 Å². The van der Waals surface area contributed by atoms with Gasteiger partial charge in [0, 0.05) is 16.3 Å². The van der Waals surface area contributed by atoms with E-state index in [0.717, 1.165) is 26.6 Å². The molecule has 0 radical (unpaired) electrons. The van der Waals surface area contributed by atoms with Crippen molar-refractivity contribution >= 4 is 17.4 Å². The van der Waals surface area contributed by atoms with E-state index < -0.39 is 6.10 Å². The zero-order valence-electron chi connectivity index (χ0n) is 15.0. The number of ether oxygens (including phenoxy) is 1. The number of benzene rings is 2. The Hall–Kier alpha value is -2.83. The molecule has 1 atom stereocenters. The molecule has 0 aliphatic heterocycles. The van der Waals surface area contributed by atoms with Crippen molar-refractivity contribution in [3.63, 3.8) is 0 Å². The summed E-state index contributed by atoms with van der Waals surface area (Å²) >= 11 is 1.49. The van der Waals surface area contributed by atoms with Crippen molar-refractivity contribution in [2.45, 2.75) is 19.2 Å². The molecule has 0 saturated carbocycles. The van der Waals surface area contributed by atoms with Gasteiger partial charge in [0.1, 0.15) is 11.9 Å². The monoisotopic (exact) mass is 382 g/mol. The number of urea groups is 1. The second-order valence-electron chi connectivity index (χ2n) is 6.00. The number of hydrogen-bond donors (Lipinski definition) is 3. The van der Waals surface area contributed by atoms with Crippen molar-refractivity contribution < 1.29 is 14.6 Å². The third-order valence-electron chi connectivity index (χ3n) is 4.10. The molecule has 2 amide bonds. The Morgan fingerprint density at radius 1 is 1.00 bits per heavy atom. The summed E-state index contributed by atoms with van der Waals surface area (Å²) in [6.07, 6.45) is -0.645. The molecule has 0 spiro atoms. The number of aliphatic hydroxyl groups is 1. The predicted octanol–water partition coefficient (Wildman–Crippen LogP) is 3.84. The Morgan fingerprint density at radius 2 is 1.70 bits per heavy atom. The molecule has 0 saturated heterocycles. The number of amides is 2. The van der Waals surface area contributed by atoms with Gasteiger partial charge in [-0.3, -0.25) is 0 Å². The summed E-state index contributed by atoms with van der Waals surface area (Å²) < 4.78 is 5.11. The van der Waals surface area contributed by atoms with E-state index in [1.54, 1.807) is 7.11 Å². The zero-order chi connectivity index (χ0) is 19.1.